The number of carboxylic acids is 1. The first-order valence-electron chi connectivity index (χ1n) is 12.3. The molecule has 0 saturated heterocycles. The zero-order valence-corrected chi connectivity index (χ0v) is 21.9. The number of nitrogens with one attached hydrogen (secondary N) is 1. The smallest absolute Gasteiger partial charge is 0.303 e. The van der Waals surface area contributed by atoms with Gasteiger partial charge >= 0.3 is 5.97 Å². The number of ether oxygens (including phenoxy) is 2. The number of para-hydroxylation sites is 2. The molecule has 5 rings (SSSR count). The van der Waals surface area contributed by atoms with Crippen LogP contribution in [0.2, 0.25) is 0 Å². The first-order chi connectivity index (χ1) is 18.4. The van der Waals surface area contributed by atoms with Crippen LogP contribution in [-0.4, -0.2) is 37.0 Å². The lowest BCUT2D eigenvalue weighted by Crippen LogP contribution is -2.38. The van der Waals surface area contributed by atoms with Crippen molar-refractivity contribution in [3.63, 3.8) is 0 Å². The summed E-state index contributed by atoms with van der Waals surface area (Å²) >= 11 is 1.47. The first kappa shape index (κ1) is 25.5. The van der Waals surface area contributed by atoms with Gasteiger partial charge < -0.3 is 19.9 Å². The molecule has 0 radical (unpaired) electrons. The van der Waals surface area contributed by atoms with E-state index >= 15 is 0 Å². The van der Waals surface area contributed by atoms with Gasteiger partial charge in [-0.05, 0) is 53.6 Å². The highest BCUT2D eigenvalue weighted by molar-refractivity contribution is 7.10. The molecule has 0 spiro atoms. The number of Topliss-reactive ketones (excluding diaryl/α,β-unsaturated/α-hetero) is 1. The normalized spacial score (nSPS) is 18.7. The van der Waals surface area contributed by atoms with Gasteiger partial charge in [-0.3, -0.25) is 19.3 Å². The maximum Gasteiger partial charge on any atom is 0.303 e. The Morgan fingerprint density at radius 3 is 2.53 bits per heavy atom. The van der Waals surface area contributed by atoms with Crippen LogP contribution in [0.25, 0.3) is 0 Å². The SMILES string of the molecule is COc1ccc([C@H]2CC(=O)C3=C(C2)Nc2ccccc2N(C(=O)CCC(=O)O)[C@@H]3c2cccs2)cc1OC. The third-order valence-corrected chi connectivity index (χ3v) is 7.93. The summed E-state index contributed by atoms with van der Waals surface area (Å²) in [6.07, 6.45) is 0.370. The summed E-state index contributed by atoms with van der Waals surface area (Å²) in [6, 6.07) is 16.3. The maximum absolute atomic E-state index is 14.0. The largest absolute Gasteiger partial charge is 0.493 e. The molecule has 3 aromatic rings. The van der Waals surface area contributed by atoms with E-state index in [1.807, 2.05) is 60.0 Å². The Balaban J connectivity index is 1.62. The van der Waals surface area contributed by atoms with E-state index in [0.717, 1.165) is 16.1 Å². The molecule has 2 aromatic carbocycles. The lowest BCUT2D eigenvalue weighted by molar-refractivity contribution is -0.138. The highest BCUT2D eigenvalue weighted by Gasteiger charge is 2.42. The molecular formula is C29H28N2O6S. The number of nitrogens with zero attached hydrogens (tertiary/aromatic N) is 1. The van der Waals surface area contributed by atoms with Gasteiger partial charge in [0.05, 0.1) is 32.0 Å². The molecule has 9 heteroatoms. The number of thiophene rings is 1. The Hall–Kier alpha value is -4.11. The maximum atomic E-state index is 14.0. The van der Waals surface area contributed by atoms with E-state index in [9.17, 15) is 19.5 Å². The number of amides is 1. The molecule has 2 heterocycles. The van der Waals surface area contributed by atoms with Crippen molar-refractivity contribution >= 4 is 40.4 Å². The molecule has 1 amide bonds. The number of carbonyl (C=O) groups is 3. The van der Waals surface area contributed by atoms with Gasteiger partial charge in [-0.25, -0.2) is 0 Å². The van der Waals surface area contributed by atoms with Gasteiger partial charge in [0.2, 0.25) is 5.91 Å². The van der Waals surface area contributed by atoms with Crippen molar-refractivity contribution in [3.8, 4) is 11.5 Å². The van der Waals surface area contributed by atoms with E-state index in [4.69, 9.17) is 9.47 Å². The molecule has 1 aliphatic heterocycles. The number of benzene rings is 2. The Bertz CT molecular complexity index is 1410. The lowest BCUT2D eigenvalue weighted by atomic mass is 9.79. The number of carbonyl (C=O) groups excluding carboxylic acids is 2. The molecule has 1 aliphatic carbocycles. The topological polar surface area (TPSA) is 105 Å². The average Bonchev–Trinajstić information content (AvgIpc) is 3.40. The van der Waals surface area contributed by atoms with Gasteiger partial charge in [0.25, 0.3) is 0 Å². The van der Waals surface area contributed by atoms with E-state index in [0.29, 0.717) is 34.9 Å². The number of allylic oxidation sites excluding steroid dienone is 1. The number of aliphatic carboxylic acids is 1. The van der Waals surface area contributed by atoms with Crippen molar-refractivity contribution in [2.24, 2.45) is 0 Å². The van der Waals surface area contributed by atoms with Crippen LogP contribution < -0.4 is 19.7 Å². The molecule has 2 aliphatic rings. The molecule has 0 unspecified atom stereocenters. The molecule has 2 atom stereocenters. The molecule has 0 saturated carbocycles. The van der Waals surface area contributed by atoms with Crippen molar-refractivity contribution in [2.75, 3.05) is 24.4 Å². The van der Waals surface area contributed by atoms with Gasteiger partial charge in [-0.15, -0.1) is 11.3 Å². The first-order valence-corrected chi connectivity index (χ1v) is 13.2. The molecule has 8 nitrogen and oxygen atoms in total. The number of carboxylic acid groups (broad SMARTS) is 1. The van der Waals surface area contributed by atoms with E-state index in [-0.39, 0.29) is 36.9 Å². The number of hydrogen-bond donors (Lipinski definition) is 2. The summed E-state index contributed by atoms with van der Waals surface area (Å²) in [4.78, 5) is 41.3. The van der Waals surface area contributed by atoms with Gasteiger partial charge in [0.15, 0.2) is 17.3 Å². The molecule has 0 fully saturated rings. The minimum Gasteiger partial charge on any atom is -0.493 e. The fraction of sp³-hybridized carbons (Fsp3) is 0.276. The second kappa shape index (κ2) is 10.7. The molecule has 38 heavy (non-hydrogen) atoms. The van der Waals surface area contributed by atoms with Crippen LogP contribution in [0.3, 0.4) is 0 Å². The van der Waals surface area contributed by atoms with Crippen molar-refractivity contribution in [1.29, 1.82) is 0 Å². The van der Waals surface area contributed by atoms with Crippen LogP contribution in [0, 0.1) is 0 Å². The van der Waals surface area contributed by atoms with Crippen LogP contribution in [0.5, 0.6) is 11.5 Å². The monoisotopic (exact) mass is 532 g/mol. The molecule has 0 bridgehead atoms. The Morgan fingerprint density at radius 1 is 1.03 bits per heavy atom. The standard InChI is InChI=1S/C29H28N2O6S/c1-36-23-10-9-17(16-24(23)37-2)18-14-20-28(22(32)15-18)29(25-8-5-13-38-25)31(26(33)11-12-27(34)35)21-7-4-3-6-19(21)30-20/h3-10,13,16,18,29-30H,11-12,14-15H2,1-2H3,(H,34,35)/t18-,29-/m1/s1. The highest BCUT2D eigenvalue weighted by atomic mass is 32.1. The van der Waals surface area contributed by atoms with Crippen molar-refractivity contribution in [1.82, 2.24) is 0 Å². The summed E-state index contributed by atoms with van der Waals surface area (Å²) in [6.45, 7) is 0. The minimum absolute atomic E-state index is 0.0548. The molecule has 2 N–H and O–H groups in total. The van der Waals surface area contributed by atoms with Crippen LogP contribution in [0.4, 0.5) is 11.4 Å². The lowest BCUT2D eigenvalue weighted by Gasteiger charge is -2.34. The summed E-state index contributed by atoms with van der Waals surface area (Å²) < 4.78 is 10.9. The predicted molar refractivity (Wildman–Crippen MR) is 145 cm³/mol. The van der Waals surface area contributed by atoms with Crippen molar-refractivity contribution in [3.05, 3.63) is 81.7 Å². The zero-order chi connectivity index (χ0) is 26.8. The molecule has 196 valence electrons. The van der Waals surface area contributed by atoms with E-state index in [1.54, 1.807) is 19.1 Å². The van der Waals surface area contributed by atoms with Crippen LogP contribution >= 0.6 is 11.3 Å². The number of methoxy groups -OCH3 is 2. The second-order valence-corrected chi connectivity index (χ2v) is 10.2. The Kier molecular flexibility index (Phi) is 7.20. The fourth-order valence-corrected chi connectivity index (χ4v) is 6.08. The summed E-state index contributed by atoms with van der Waals surface area (Å²) in [5.74, 6) is -0.321. The average molecular weight is 533 g/mol. The van der Waals surface area contributed by atoms with Gasteiger partial charge in [-0.1, -0.05) is 24.3 Å². The highest BCUT2D eigenvalue weighted by Crippen LogP contribution is 2.48. The van der Waals surface area contributed by atoms with Crippen LogP contribution in [-0.2, 0) is 14.4 Å². The number of rotatable bonds is 7. The van der Waals surface area contributed by atoms with Crippen LogP contribution in [0.15, 0.2) is 71.2 Å². The number of anilines is 2. The van der Waals surface area contributed by atoms with Crippen molar-refractivity contribution in [2.45, 2.75) is 37.6 Å². The van der Waals surface area contributed by atoms with E-state index in [2.05, 4.69) is 5.32 Å². The third kappa shape index (κ3) is 4.77. The van der Waals surface area contributed by atoms with E-state index < -0.39 is 12.0 Å². The zero-order valence-electron chi connectivity index (χ0n) is 21.1. The summed E-state index contributed by atoms with van der Waals surface area (Å²) in [7, 11) is 3.17. The summed E-state index contributed by atoms with van der Waals surface area (Å²) in [5, 5.41) is 14.6. The quantitative estimate of drug-likeness (QED) is 0.412. The second-order valence-electron chi connectivity index (χ2n) is 9.25. The predicted octanol–water partition coefficient (Wildman–Crippen LogP) is 5.53. The van der Waals surface area contributed by atoms with Crippen LogP contribution in [0.1, 0.15) is 48.1 Å². The summed E-state index contributed by atoms with van der Waals surface area (Å²) in [5.41, 5.74) is 3.59. The number of ketones is 1. The third-order valence-electron chi connectivity index (χ3n) is 7.00. The van der Waals surface area contributed by atoms with Gasteiger partial charge in [0, 0.05) is 29.0 Å². The van der Waals surface area contributed by atoms with Gasteiger partial charge in [-0.2, -0.15) is 0 Å². The van der Waals surface area contributed by atoms with Gasteiger partial charge in [0.1, 0.15) is 6.04 Å². The Labute approximate surface area is 224 Å². The number of hydrogen-bond acceptors (Lipinski definition) is 7. The molecular weight excluding hydrogens is 504 g/mol. The Morgan fingerprint density at radius 2 is 1.82 bits per heavy atom. The van der Waals surface area contributed by atoms with Crippen molar-refractivity contribution < 1.29 is 29.0 Å². The number of fused-ring (bicyclic) bond motifs is 1. The molecule has 1 aromatic heterocycles. The minimum atomic E-state index is -1.04. The van der Waals surface area contributed by atoms with E-state index in [1.165, 1.54) is 11.3 Å². The fourth-order valence-electron chi connectivity index (χ4n) is 5.26.